The summed E-state index contributed by atoms with van der Waals surface area (Å²) >= 11 is 0. The molecule has 1 aliphatic rings. The van der Waals surface area contributed by atoms with Crippen LogP contribution in [0.5, 0.6) is 0 Å². The first kappa shape index (κ1) is 16.0. The molecular weight excluding hydrogens is 300 g/mol. The lowest BCUT2D eigenvalue weighted by Gasteiger charge is -2.14. The fourth-order valence-electron chi connectivity index (χ4n) is 2.56. The number of carbonyl (C=O) groups excluding carboxylic acids is 1. The van der Waals surface area contributed by atoms with Gasteiger partial charge in [-0.05, 0) is 49.6 Å². The summed E-state index contributed by atoms with van der Waals surface area (Å²) in [7, 11) is 0. The topological polar surface area (TPSA) is 77.8 Å². The van der Waals surface area contributed by atoms with Gasteiger partial charge in [0.2, 0.25) is 0 Å². The number of carbonyl (C=O) groups is 1. The molecule has 3 rings (SSSR count). The number of pyridine rings is 1. The molecule has 0 atom stereocenters. The summed E-state index contributed by atoms with van der Waals surface area (Å²) in [5.74, 6) is -0.171. The third-order valence-electron chi connectivity index (χ3n) is 3.96. The van der Waals surface area contributed by atoms with E-state index in [0.717, 1.165) is 37.1 Å². The maximum atomic E-state index is 12.7. The molecule has 1 aromatic carbocycles. The second-order valence-electron chi connectivity index (χ2n) is 5.99. The van der Waals surface area contributed by atoms with Crippen molar-refractivity contribution in [1.82, 2.24) is 4.98 Å². The molecule has 24 heavy (non-hydrogen) atoms. The predicted octanol–water partition coefficient (Wildman–Crippen LogP) is 3.73. The van der Waals surface area contributed by atoms with Crippen molar-refractivity contribution in [3.63, 3.8) is 0 Å². The van der Waals surface area contributed by atoms with E-state index < -0.39 is 0 Å². The number of nitrogens with one attached hydrogen (secondary N) is 2. The Morgan fingerprint density at radius 3 is 2.88 bits per heavy atom. The van der Waals surface area contributed by atoms with E-state index >= 15 is 0 Å². The molecule has 0 bridgehead atoms. The van der Waals surface area contributed by atoms with E-state index in [0.29, 0.717) is 22.9 Å². The lowest BCUT2D eigenvalue weighted by molar-refractivity contribution is 0.102. The van der Waals surface area contributed by atoms with Crippen molar-refractivity contribution in [1.29, 1.82) is 5.26 Å². The minimum atomic E-state index is -0.171. The van der Waals surface area contributed by atoms with E-state index in [1.54, 1.807) is 36.5 Å². The number of amides is 1. The molecular formula is C19H20N4O. The minimum Gasteiger partial charge on any atom is -0.381 e. The Morgan fingerprint density at radius 1 is 1.33 bits per heavy atom. The van der Waals surface area contributed by atoms with Crippen LogP contribution in [0.4, 0.5) is 11.4 Å². The highest BCUT2D eigenvalue weighted by Crippen LogP contribution is 2.30. The van der Waals surface area contributed by atoms with E-state index in [4.69, 9.17) is 5.26 Å². The molecule has 0 unspecified atom stereocenters. The van der Waals surface area contributed by atoms with Crippen LogP contribution in [-0.4, -0.2) is 16.9 Å². The molecule has 1 aromatic heterocycles. The highest BCUT2D eigenvalue weighted by molar-refractivity contribution is 6.06. The lowest BCUT2D eigenvalue weighted by Crippen LogP contribution is -2.17. The standard InChI is InChI=1S/C19H20N4O/c1-2-4-16-15(5-3-10-21-16)19(24)23-17-9-6-13(12-20)11-18(17)22-14-7-8-14/h3,5-6,9-11,14,22H,2,4,7-8H2,1H3,(H,23,24). The van der Waals surface area contributed by atoms with Crippen molar-refractivity contribution in [2.45, 2.75) is 38.6 Å². The van der Waals surface area contributed by atoms with Crippen molar-refractivity contribution in [2.24, 2.45) is 0 Å². The van der Waals surface area contributed by atoms with Crippen molar-refractivity contribution >= 4 is 17.3 Å². The van der Waals surface area contributed by atoms with Crippen molar-refractivity contribution in [3.8, 4) is 6.07 Å². The normalized spacial score (nSPS) is 13.2. The summed E-state index contributed by atoms with van der Waals surface area (Å²) < 4.78 is 0. The molecule has 0 spiro atoms. The maximum Gasteiger partial charge on any atom is 0.257 e. The van der Waals surface area contributed by atoms with E-state index in [2.05, 4.69) is 28.6 Å². The number of rotatable bonds is 6. The lowest BCUT2D eigenvalue weighted by atomic mass is 10.1. The van der Waals surface area contributed by atoms with Crippen LogP contribution < -0.4 is 10.6 Å². The monoisotopic (exact) mass is 320 g/mol. The van der Waals surface area contributed by atoms with Gasteiger partial charge in [0, 0.05) is 12.2 Å². The number of aryl methyl sites for hydroxylation is 1. The fourth-order valence-corrected chi connectivity index (χ4v) is 2.56. The molecule has 1 saturated carbocycles. The summed E-state index contributed by atoms with van der Waals surface area (Å²) in [5, 5.41) is 15.4. The molecule has 5 heteroatoms. The Labute approximate surface area is 141 Å². The van der Waals surface area contributed by atoms with Gasteiger partial charge in [0.15, 0.2) is 0 Å². The van der Waals surface area contributed by atoms with Gasteiger partial charge in [-0.1, -0.05) is 13.3 Å². The van der Waals surface area contributed by atoms with Crippen LogP contribution in [0.25, 0.3) is 0 Å². The highest BCUT2D eigenvalue weighted by Gasteiger charge is 2.23. The largest absolute Gasteiger partial charge is 0.381 e. The smallest absolute Gasteiger partial charge is 0.257 e. The van der Waals surface area contributed by atoms with Crippen molar-refractivity contribution in [3.05, 3.63) is 53.3 Å². The number of nitriles is 1. The van der Waals surface area contributed by atoms with Gasteiger partial charge in [0.05, 0.1) is 34.3 Å². The molecule has 2 N–H and O–H groups in total. The molecule has 2 aromatic rings. The highest BCUT2D eigenvalue weighted by atomic mass is 16.1. The third-order valence-corrected chi connectivity index (χ3v) is 3.96. The number of nitrogens with zero attached hydrogens (tertiary/aromatic N) is 2. The first-order chi connectivity index (χ1) is 11.7. The quantitative estimate of drug-likeness (QED) is 0.850. The first-order valence-corrected chi connectivity index (χ1v) is 8.27. The number of hydrogen-bond donors (Lipinski definition) is 2. The molecule has 5 nitrogen and oxygen atoms in total. The summed E-state index contributed by atoms with van der Waals surface area (Å²) in [6.07, 6.45) is 5.65. The zero-order valence-corrected chi connectivity index (χ0v) is 13.7. The van der Waals surface area contributed by atoms with Crippen LogP contribution in [0.3, 0.4) is 0 Å². The van der Waals surface area contributed by atoms with E-state index in [-0.39, 0.29) is 5.91 Å². The second-order valence-corrected chi connectivity index (χ2v) is 5.99. The van der Waals surface area contributed by atoms with Gasteiger partial charge in [0.25, 0.3) is 5.91 Å². The summed E-state index contributed by atoms with van der Waals surface area (Å²) in [6.45, 7) is 2.06. The Morgan fingerprint density at radius 2 is 2.17 bits per heavy atom. The van der Waals surface area contributed by atoms with E-state index in [9.17, 15) is 4.79 Å². The summed E-state index contributed by atoms with van der Waals surface area (Å²) in [4.78, 5) is 17.0. The van der Waals surface area contributed by atoms with Crippen LogP contribution in [0.2, 0.25) is 0 Å². The summed E-state index contributed by atoms with van der Waals surface area (Å²) in [5.41, 5.74) is 3.47. The summed E-state index contributed by atoms with van der Waals surface area (Å²) in [6, 6.07) is 11.4. The van der Waals surface area contributed by atoms with Crippen LogP contribution in [0.15, 0.2) is 36.5 Å². The zero-order chi connectivity index (χ0) is 16.9. The van der Waals surface area contributed by atoms with Gasteiger partial charge in [0.1, 0.15) is 0 Å². The predicted molar refractivity (Wildman–Crippen MR) is 94.0 cm³/mol. The van der Waals surface area contributed by atoms with Gasteiger partial charge < -0.3 is 10.6 Å². The molecule has 0 saturated heterocycles. The Kier molecular flexibility index (Phi) is 4.76. The molecule has 122 valence electrons. The third kappa shape index (κ3) is 3.72. The Bertz CT molecular complexity index is 790. The number of benzene rings is 1. The van der Waals surface area contributed by atoms with Crippen LogP contribution in [0, 0.1) is 11.3 Å². The maximum absolute atomic E-state index is 12.7. The molecule has 1 fully saturated rings. The van der Waals surface area contributed by atoms with Crippen molar-refractivity contribution < 1.29 is 4.79 Å². The Hall–Kier alpha value is -2.87. The van der Waals surface area contributed by atoms with Gasteiger partial charge in [-0.25, -0.2) is 0 Å². The molecule has 1 aliphatic carbocycles. The zero-order valence-electron chi connectivity index (χ0n) is 13.7. The van der Waals surface area contributed by atoms with Gasteiger partial charge in [-0.2, -0.15) is 5.26 Å². The molecule has 1 amide bonds. The average molecular weight is 320 g/mol. The molecule has 0 aliphatic heterocycles. The fraction of sp³-hybridized carbons (Fsp3) is 0.316. The van der Waals surface area contributed by atoms with Gasteiger partial charge in [-0.3, -0.25) is 9.78 Å². The minimum absolute atomic E-state index is 0.171. The van der Waals surface area contributed by atoms with Crippen molar-refractivity contribution in [2.75, 3.05) is 10.6 Å². The van der Waals surface area contributed by atoms with Gasteiger partial charge in [-0.15, -0.1) is 0 Å². The SMILES string of the molecule is CCCc1ncccc1C(=O)Nc1ccc(C#N)cc1NC1CC1. The molecule has 1 heterocycles. The Balaban J connectivity index is 1.85. The average Bonchev–Trinajstić information content (AvgIpc) is 3.41. The van der Waals surface area contributed by atoms with E-state index in [1.165, 1.54) is 0 Å². The number of aromatic nitrogens is 1. The van der Waals surface area contributed by atoms with E-state index in [1.807, 2.05) is 0 Å². The van der Waals surface area contributed by atoms with Crippen LogP contribution >= 0.6 is 0 Å². The second kappa shape index (κ2) is 7.14. The number of anilines is 2. The molecule has 0 radical (unpaired) electrons. The van der Waals surface area contributed by atoms with Gasteiger partial charge >= 0.3 is 0 Å². The van der Waals surface area contributed by atoms with Crippen LogP contribution in [0.1, 0.15) is 47.8 Å². The van der Waals surface area contributed by atoms with Crippen LogP contribution in [-0.2, 0) is 6.42 Å². The number of hydrogen-bond acceptors (Lipinski definition) is 4. The first-order valence-electron chi connectivity index (χ1n) is 8.27.